The number of rotatable bonds is 5. The first kappa shape index (κ1) is 16.3. The molecule has 0 amide bonds. The highest BCUT2D eigenvalue weighted by molar-refractivity contribution is 9.10. The lowest BCUT2D eigenvalue weighted by molar-refractivity contribution is 0.101. The molecule has 120 valence electrons. The Hall–Kier alpha value is -2.53. The van der Waals surface area contributed by atoms with Crippen LogP contribution in [0.3, 0.4) is 0 Å². The average molecular weight is 382 g/mol. The number of nitrogens with zero attached hydrogens (tertiary/aromatic N) is 3. The van der Waals surface area contributed by atoms with E-state index in [4.69, 9.17) is 0 Å². The average Bonchev–Trinajstić information content (AvgIpc) is 2.62. The zero-order chi connectivity index (χ0) is 16.9. The second kappa shape index (κ2) is 7.36. The first-order chi connectivity index (χ1) is 11.6. The van der Waals surface area contributed by atoms with Gasteiger partial charge in [0.1, 0.15) is 6.33 Å². The summed E-state index contributed by atoms with van der Waals surface area (Å²) >= 11 is 3.46. The first-order valence-electron chi connectivity index (χ1n) is 7.51. The van der Waals surface area contributed by atoms with Gasteiger partial charge in [0.25, 0.3) is 0 Å². The second-order valence-electron chi connectivity index (χ2n) is 5.41. The summed E-state index contributed by atoms with van der Waals surface area (Å²) in [5, 5.41) is 0. The number of hydrogen-bond donors (Lipinski definition) is 0. The predicted octanol–water partition coefficient (Wildman–Crippen LogP) is 4.78. The predicted molar refractivity (Wildman–Crippen MR) is 98.5 cm³/mol. The third-order valence-corrected chi connectivity index (χ3v) is 4.23. The second-order valence-corrected chi connectivity index (χ2v) is 6.33. The summed E-state index contributed by atoms with van der Waals surface area (Å²) in [5.74, 6) is 0.0593. The topological polar surface area (TPSA) is 46.1 Å². The molecule has 4 nitrogen and oxygen atoms in total. The summed E-state index contributed by atoms with van der Waals surface area (Å²) < 4.78 is 1.05. The molecule has 0 radical (unpaired) electrons. The number of carbonyl (C=O) groups excluding carboxylic acids is 1. The van der Waals surface area contributed by atoms with Crippen LogP contribution in [0.2, 0.25) is 0 Å². The number of benzene rings is 2. The van der Waals surface area contributed by atoms with Crippen molar-refractivity contribution in [3.63, 3.8) is 0 Å². The van der Waals surface area contributed by atoms with E-state index >= 15 is 0 Å². The number of ketones is 1. The molecule has 0 aliphatic heterocycles. The maximum atomic E-state index is 11.5. The number of halogens is 1. The minimum Gasteiger partial charge on any atom is -0.334 e. The van der Waals surface area contributed by atoms with Gasteiger partial charge < -0.3 is 4.90 Å². The van der Waals surface area contributed by atoms with Crippen LogP contribution in [0, 0.1) is 0 Å². The zero-order valence-corrected chi connectivity index (χ0v) is 14.8. The highest BCUT2D eigenvalue weighted by Gasteiger charge is 2.11. The normalized spacial score (nSPS) is 10.4. The van der Waals surface area contributed by atoms with Gasteiger partial charge in [-0.3, -0.25) is 4.79 Å². The van der Waals surface area contributed by atoms with Crippen molar-refractivity contribution in [3.05, 3.63) is 82.9 Å². The summed E-state index contributed by atoms with van der Waals surface area (Å²) in [5.41, 5.74) is 3.75. The van der Waals surface area contributed by atoms with Gasteiger partial charge >= 0.3 is 0 Å². The highest BCUT2D eigenvalue weighted by atomic mass is 79.9. The molecule has 0 unspecified atom stereocenters. The van der Waals surface area contributed by atoms with E-state index in [-0.39, 0.29) is 5.78 Å². The monoisotopic (exact) mass is 381 g/mol. The van der Waals surface area contributed by atoms with Crippen molar-refractivity contribution < 1.29 is 4.79 Å². The maximum Gasteiger partial charge on any atom is 0.159 e. The molecule has 1 heterocycles. The molecule has 3 aromatic rings. The fraction of sp³-hybridized carbons (Fsp3) is 0.105. The van der Waals surface area contributed by atoms with Gasteiger partial charge in [-0.2, -0.15) is 0 Å². The number of carbonyl (C=O) groups is 1. The van der Waals surface area contributed by atoms with Crippen molar-refractivity contribution in [1.82, 2.24) is 9.97 Å². The van der Waals surface area contributed by atoms with Crippen LogP contribution in [-0.2, 0) is 6.54 Å². The largest absolute Gasteiger partial charge is 0.334 e. The van der Waals surface area contributed by atoms with Crippen LogP contribution in [0.4, 0.5) is 11.4 Å². The maximum absolute atomic E-state index is 11.5. The van der Waals surface area contributed by atoms with Gasteiger partial charge in [-0.1, -0.05) is 28.1 Å². The van der Waals surface area contributed by atoms with E-state index in [9.17, 15) is 4.79 Å². The van der Waals surface area contributed by atoms with Crippen molar-refractivity contribution in [3.8, 4) is 0 Å². The van der Waals surface area contributed by atoms with Gasteiger partial charge in [-0.25, -0.2) is 9.97 Å². The standard InChI is InChI=1S/C19H16BrN3O/c1-14(24)16-4-8-18(9-5-16)23(19-10-21-13-22-11-19)12-15-2-6-17(20)7-3-15/h2-11,13H,12H2,1H3. The van der Waals surface area contributed by atoms with E-state index in [0.29, 0.717) is 12.1 Å². The molecular formula is C19H16BrN3O. The molecule has 0 saturated carbocycles. The Kier molecular flexibility index (Phi) is 5.01. The van der Waals surface area contributed by atoms with Gasteiger partial charge in [0.15, 0.2) is 5.78 Å². The zero-order valence-electron chi connectivity index (χ0n) is 13.2. The third-order valence-electron chi connectivity index (χ3n) is 3.70. The van der Waals surface area contributed by atoms with Gasteiger partial charge in [-0.05, 0) is 48.9 Å². The van der Waals surface area contributed by atoms with Crippen molar-refractivity contribution in [2.75, 3.05) is 4.90 Å². The molecule has 0 saturated heterocycles. The van der Waals surface area contributed by atoms with E-state index in [1.165, 1.54) is 6.33 Å². The molecular weight excluding hydrogens is 366 g/mol. The third kappa shape index (κ3) is 3.86. The van der Waals surface area contributed by atoms with Crippen molar-refractivity contribution in [2.24, 2.45) is 0 Å². The van der Waals surface area contributed by atoms with Crippen molar-refractivity contribution >= 4 is 33.1 Å². The highest BCUT2D eigenvalue weighted by Crippen LogP contribution is 2.27. The lowest BCUT2D eigenvalue weighted by Gasteiger charge is -2.24. The smallest absolute Gasteiger partial charge is 0.159 e. The van der Waals surface area contributed by atoms with Crippen molar-refractivity contribution in [1.29, 1.82) is 0 Å². The van der Waals surface area contributed by atoms with Crippen LogP contribution in [0.1, 0.15) is 22.8 Å². The molecule has 0 fully saturated rings. The van der Waals surface area contributed by atoms with Gasteiger partial charge in [0.05, 0.1) is 18.1 Å². The quantitative estimate of drug-likeness (QED) is 0.596. The molecule has 2 aromatic carbocycles. The van der Waals surface area contributed by atoms with Crippen LogP contribution in [0.15, 0.2) is 71.7 Å². The Morgan fingerprint density at radius 3 is 2.17 bits per heavy atom. The Morgan fingerprint density at radius 1 is 0.958 bits per heavy atom. The summed E-state index contributed by atoms with van der Waals surface area (Å²) in [4.78, 5) is 21.8. The van der Waals surface area contributed by atoms with Gasteiger partial charge in [-0.15, -0.1) is 0 Å². The lowest BCUT2D eigenvalue weighted by atomic mass is 10.1. The van der Waals surface area contributed by atoms with Crippen LogP contribution >= 0.6 is 15.9 Å². The fourth-order valence-electron chi connectivity index (χ4n) is 2.41. The SMILES string of the molecule is CC(=O)c1ccc(N(Cc2ccc(Br)cc2)c2cncnc2)cc1. The molecule has 3 rings (SSSR count). The Morgan fingerprint density at radius 2 is 1.58 bits per heavy atom. The molecule has 24 heavy (non-hydrogen) atoms. The number of anilines is 2. The van der Waals surface area contributed by atoms with Crippen LogP contribution in [-0.4, -0.2) is 15.8 Å². The molecule has 0 N–H and O–H groups in total. The van der Waals surface area contributed by atoms with Crippen LogP contribution in [0.25, 0.3) is 0 Å². The lowest BCUT2D eigenvalue weighted by Crippen LogP contribution is -2.17. The Bertz CT molecular complexity index is 817. The fourth-order valence-corrected chi connectivity index (χ4v) is 2.68. The Labute approximate surface area is 149 Å². The molecule has 0 aliphatic carbocycles. The minimum absolute atomic E-state index is 0.0593. The van der Waals surface area contributed by atoms with E-state index in [1.807, 2.05) is 36.4 Å². The molecule has 0 spiro atoms. The van der Waals surface area contributed by atoms with Crippen LogP contribution < -0.4 is 4.90 Å². The first-order valence-corrected chi connectivity index (χ1v) is 8.31. The van der Waals surface area contributed by atoms with Gasteiger partial charge in [0.2, 0.25) is 0 Å². The van der Waals surface area contributed by atoms with E-state index in [0.717, 1.165) is 21.4 Å². The van der Waals surface area contributed by atoms with E-state index in [1.54, 1.807) is 19.3 Å². The van der Waals surface area contributed by atoms with E-state index < -0.39 is 0 Å². The van der Waals surface area contributed by atoms with E-state index in [2.05, 4.69) is 42.9 Å². The number of hydrogen-bond acceptors (Lipinski definition) is 4. The summed E-state index contributed by atoms with van der Waals surface area (Å²) in [6.07, 6.45) is 5.08. The molecule has 1 aromatic heterocycles. The number of aromatic nitrogens is 2. The summed E-state index contributed by atoms with van der Waals surface area (Å²) in [6.45, 7) is 2.25. The molecule has 5 heteroatoms. The molecule has 0 bridgehead atoms. The Balaban J connectivity index is 1.95. The van der Waals surface area contributed by atoms with Gasteiger partial charge in [0, 0.05) is 22.3 Å². The summed E-state index contributed by atoms with van der Waals surface area (Å²) in [6, 6.07) is 15.8. The summed E-state index contributed by atoms with van der Waals surface area (Å²) in [7, 11) is 0. The molecule has 0 atom stereocenters. The number of Topliss-reactive ketones (excluding diaryl/α,β-unsaturated/α-hetero) is 1. The van der Waals surface area contributed by atoms with Crippen LogP contribution in [0.5, 0.6) is 0 Å². The van der Waals surface area contributed by atoms with Crippen molar-refractivity contribution in [2.45, 2.75) is 13.5 Å². The molecule has 0 aliphatic rings. The minimum atomic E-state index is 0.0593.